The fraction of sp³-hybridized carbons (Fsp3) is 0. The fourth-order valence-electron chi connectivity index (χ4n) is 14.3. The van der Waals surface area contributed by atoms with Gasteiger partial charge in [0.2, 0.25) is 5.95 Å². The summed E-state index contributed by atoms with van der Waals surface area (Å²) in [4.78, 5) is 10.9. The van der Waals surface area contributed by atoms with E-state index in [1.165, 1.54) is 26.9 Å². The molecule has 0 saturated heterocycles. The van der Waals surface area contributed by atoms with Crippen LogP contribution in [0.4, 0.5) is 0 Å². The van der Waals surface area contributed by atoms with Crippen LogP contribution in [0.15, 0.2) is 308 Å². The maximum Gasteiger partial charge on any atom is 0.235 e. The number of aromatic nitrogens is 6. The molecule has 6 aromatic heterocycles. The Morgan fingerprint density at radius 3 is 1.13 bits per heavy atom. The van der Waals surface area contributed by atoms with E-state index >= 15 is 0 Å². The highest BCUT2D eigenvalue weighted by Gasteiger charge is 2.24. The Labute approximate surface area is 510 Å². The molecule has 0 aliphatic rings. The number of benzene rings is 13. The van der Waals surface area contributed by atoms with Gasteiger partial charge in [-0.3, -0.25) is 4.57 Å². The van der Waals surface area contributed by atoms with Gasteiger partial charge in [-0.1, -0.05) is 182 Å². The third-order valence-electron chi connectivity index (χ3n) is 18.4. The molecule has 6 heterocycles. The number of hydrogen-bond donors (Lipinski definition) is 0. The zero-order valence-corrected chi connectivity index (χ0v) is 48.0. The highest BCUT2D eigenvalue weighted by molar-refractivity contribution is 6.23. The smallest absolute Gasteiger partial charge is 0.235 e. The van der Waals surface area contributed by atoms with E-state index in [0.717, 1.165) is 144 Å². The van der Waals surface area contributed by atoms with Crippen molar-refractivity contribution in [1.82, 2.24) is 28.2 Å². The van der Waals surface area contributed by atoms with Gasteiger partial charge in [0.25, 0.3) is 0 Å². The number of hydrogen-bond acceptors (Lipinski definition) is 3. The minimum atomic E-state index is 0.611. The van der Waals surface area contributed by atoms with Crippen molar-refractivity contribution in [2.75, 3.05) is 0 Å². The molecule has 19 rings (SSSR count). The molecule has 0 atom stereocenters. The first kappa shape index (κ1) is 49.2. The average Bonchev–Trinajstić information content (AvgIpc) is 1.85. The van der Waals surface area contributed by atoms with Gasteiger partial charge in [0.1, 0.15) is 5.58 Å². The molecule has 0 bridgehead atoms. The van der Waals surface area contributed by atoms with Crippen molar-refractivity contribution < 1.29 is 4.42 Å². The standard InChI is InChI=1S/C82H50N6O/c1-6-20-51(21-7-1)70-50-71(52-22-8-2-9-23-52)84-82(83-70)88-76-42-36-54(46-66(76)68-49-77-67(48-78(68)88)61-31-17-18-32-72(61)86(77)58-26-12-4-13-27-58)53-34-40-74-64(44-53)65-45-55(35-41-75(65)85(74)57-24-10-3-11-25-57)56-37-43-79-69(47-56)63-39-38-62-60-30-16-19-33-73(60)87(80(62)81(63)89-79)59-28-14-5-15-29-59/h1-50H. The Hall–Kier alpha value is -12.1. The predicted octanol–water partition coefficient (Wildman–Crippen LogP) is 21.4. The Balaban J connectivity index is 0.815. The van der Waals surface area contributed by atoms with Crippen LogP contribution in [-0.4, -0.2) is 28.2 Å². The Morgan fingerprint density at radius 2 is 0.596 bits per heavy atom. The van der Waals surface area contributed by atoms with Crippen molar-refractivity contribution in [2.45, 2.75) is 0 Å². The van der Waals surface area contributed by atoms with Gasteiger partial charge in [-0.15, -0.1) is 0 Å². The molecule has 0 aliphatic heterocycles. The van der Waals surface area contributed by atoms with E-state index in [0.29, 0.717) is 5.95 Å². The Morgan fingerprint density at radius 1 is 0.225 bits per heavy atom. The molecule has 0 radical (unpaired) electrons. The van der Waals surface area contributed by atoms with E-state index < -0.39 is 0 Å². The average molecular weight is 1140 g/mol. The fourth-order valence-corrected chi connectivity index (χ4v) is 14.3. The highest BCUT2D eigenvalue weighted by Crippen LogP contribution is 2.45. The predicted molar refractivity (Wildman–Crippen MR) is 368 cm³/mol. The van der Waals surface area contributed by atoms with Crippen LogP contribution in [0.2, 0.25) is 0 Å². The maximum absolute atomic E-state index is 6.92. The number of para-hydroxylation sites is 5. The zero-order chi connectivity index (χ0) is 58.3. The monoisotopic (exact) mass is 1130 g/mol. The lowest BCUT2D eigenvalue weighted by atomic mass is 9.98. The second kappa shape index (κ2) is 19.2. The first-order valence-corrected chi connectivity index (χ1v) is 30.3. The summed E-state index contributed by atoms with van der Waals surface area (Å²) in [6, 6.07) is 109. The van der Waals surface area contributed by atoms with E-state index in [4.69, 9.17) is 14.4 Å². The third-order valence-corrected chi connectivity index (χ3v) is 18.4. The normalized spacial score (nSPS) is 12.0. The molecule has 0 aliphatic carbocycles. The molecule has 414 valence electrons. The first-order valence-electron chi connectivity index (χ1n) is 30.3. The van der Waals surface area contributed by atoms with E-state index in [9.17, 15) is 0 Å². The summed E-state index contributed by atoms with van der Waals surface area (Å²) in [7, 11) is 0. The first-order chi connectivity index (χ1) is 44.1. The van der Waals surface area contributed by atoms with Crippen LogP contribution in [0, 0.1) is 0 Å². The van der Waals surface area contributed by atoms with E-state index in [2.05, 4.69) is 322 Å². The van der Waals surface area contributed by atoms with Crippen LogP contribution in [0.3, 0.4) is 0 Å². The molecule has 13 aromatic carbocycles. The van der Waals surface area contributed by atoms with Crippen LogP contribution in [-0.2, 0) is 0 Å². The zero-order valence-electron chi connectivity index (χ0n) is 48.0. The summed E-state index contributed by atoms with van der Waals surface area (Å²) in [6.07, 6.45) is 0. The van der Waals surface area contributed by atoms with Crippen LogP contribution in [0.25, 0.3) is 177 Å². The quantitative estimate of drug-likeness (QED) is 0.152. The molecule has 19 aromatic rings. The molecular weight excluding hydrogens is 1080 g/mol. The molecule has 0 spiro atoms. The number of fused-ring (bicyclic) bond motifs is 16. The molecule has 7 nitrogen and oxygen atoms in total. The summed E-state index contributed by atoms with van der Waals surface area (Å²) >= 11 is 0. The molecule has 0 saturated carbocycles. The topological polar surface area (TPSA) is 58.6 Å². The van der Waals surface area contributed by atoms with Gasteiger partial charge in [-0.2, -0.15) is 0 Å². The third kappa shape index (κ3) is 7.52. The van der Waals surface area contributed by atoms with Gasteiger partial charge in [0, 0.05) is 82.1 Å². The number of rotatable bonds is 8. The van der Waals surface area contributed by atoms with Crippen molar-refractivity contribution in [1.29, 1.82) is 0 Å². The minimum absolute atomic E-state index is 0.611. The van der Waals surface area contributed by atoms with Crippen LogP contribution in [0.1, 0.15) is 0 Å². The lowest BCUT2D eigenvalue weighted by Crippen LogP contribution is -2.04. The summed E-state index contributed by atoms with van der Waals surface area (Å²) in [5.74, 6) is 0.611. The molecule has 7 heteroatoms. The Bertz CT molecular complexity index is 6020. The van der Waals surface area contributed by atoms with Gasteiger partial charge < -0.3 is 18.1 Å². The van der Waals surface area contributed by atoms with Gasteiger partial charge in [-0.25, -0.2) is 9.97 Å². The van der Waals surface area contributed by atoms with Crippen molar-refractivity contribution in [2.24, 2.45) is 0 Å². The lowest BCUT2D eigenvalue weighted by Gasteiger charge is -2.12. The van der Waals surface area contributed by atoms with Crippen LogP contribution in [0.5, 0.6) is 0 Å². The highest BCUT2D eigenvalue weighted by atomic mass is 16.3. The van der Waals surface area contributed by atoms with E-state index in [-0.39, 0.29) is 0 Å². The summed E-state index contributed by atoms with van der Waals surface area (Å²) < 4.78 is 16.4. The van der Waals surface area contributed by atoms with Crippen molar-refractivity contribution in [3.05, 3.63) is 303 Å². The van der Waals surface area contributed by atoms with Gasteiger partial charge in [0.05, 0.1) is 55.5 Å². The van der Waals surface area contributed by atoms with E-state index in [1.54, 1.807) is 0 Å². The molecule has 0 amide bonds. The summed E-state index contributed by atoms with van der Waals surface area (Å²) in [5.41, 5.74) is 22.2. The molecule has 89 heavy (non-hydrogen) atoms. The summed E-state index contributed by atoms with van der Waals surface area (Å²) in [6.45, 7) is 0. The molecule has 0 unspecified atom stereocenters. The second-order valence-corrected chi connectivity index (χ2v) is 23.3. The SMILES string of the molecule is c1ccc(-c2cc(-c3ccccc3)nc(-n3c4ccc(-c5ccc6c(c5)c5cc(-c7ccc8oc9c(ccc%10c%11ccccc%11n(-c%11ccccc%11)c%109)c8c7)ccc5n6-c5ccccc5)cc4c4cc5c(cc43)c3ccccc3n5-c3ccccc3)n2)cc1. The molecule has 0 N–H and O–H groups in total. The van der Waals surface area contributed by atoms with Gasteiger partial charge in [-0.05, 0) is 144 Å². The largest absolute Gasteiger partial charge is 0.454 e. The molecule has 0 fully saturated rings. The lowest BCUT2D eigenvalue weighted by molar-refractivity contribution is 0.671. The molecular formula is C82H50N6O. The van der Waals surface area contributed by atoms with Crippen molar-refractivity contribution in [3.8, 4) is 67.8 Å². The van der Waals surface area contributed by atoms with Crippen LogP contribution >= 0.6 is 0 Å². The summed E-state index contributed by atoms with van der Waals surface area (Å²) in [5, 5.41) is 11.5. The second-order valence-electron chi connectivity index (χ2n) is 23.3. The van der Waals surface area contributed by atoms with Crippen LogP contribution < -0.4 is 0 Å². The van der Waals surface area contributed by atoms with Crippen molar-refractivity contribution in [3.63, 3.8) is 0 Å². The minimum Gasteiger partial charge on any atom is -0.454 e. The Kier molecular flexibility index (Phi) is 10.6. The van der Waals surface area contributed by atoms with Gasteiger partial charge in [0.15, 0.2) is 5.58 Å². The van der Waals surface area contributed by atoms with E-state index in [1.807, 2.05) is 0 Å². The number of furan rings is 1. The number of nitrogens with zero attached hydrogens (tertiary/aromatic N) is 6. The maximum atomic E-state index is 6.92. The van der Waals surface area contributed by atoms with Crippen molar-refractivity contribution >= 4 is 109 Å². The van der Waals surface area contributed by atoms with Gasteiger partial charge >= 0.3 is 0 Å².